The second-order valence-corrected chi connectivity index (χ2v) is 15.8. The predicted octanol–water partition coefficient (Wildman–Crippen LogP) is 15.5. The van der Waals surface area contributed by atoms with Crippen LogP contribution < -0.4 is 9.47 Å². The molecule has 0 heterocycles. The summed E-state index contributed by atoms with van der Waals surface area (Å²) in [5.74, 6) is 1.60. The maximum Gasteiger partial charge on any atom is 0.163 e. The van der Waals surface area contributed by atoms with Crippen molar-refractivity contribution in [1.82, 2.24) is 0 Å². The topological polar surface area (TPSA) is 83.6 Å². The number of hydrogen-bond donors (Lipinski definition) is 2. The van der Waals surface area contributed by atoms with Crippen LogP contribution in [0.5, 0.6) is 23.0 Å². The Morgan fingerprint density at radius 1 is 0.431 bits per heavy atom. The zero-order valence-electron chi connectivity index (χ0n) is 35.4. The number of aliphatic imine (C=N–C) groups is 2. The van der Waals surface area contributed by atoms with E-state index in [-0.39, 0.29) is 11.5 Å². The lowest BCUT2D eigenvalue weighted by Crippen LogP contribution is -2.03. The molecule has 58 heavy (non-hydrogen) atoms. The largest absolute Gasteiger partial charge is 0.507 e. The van der Waals surface area contributed by atoms with Gasteiger partial charge in [-0.3, -0.25) is 9.98 Å². The molecule has 0 atom stereocenters. The van der Waals surface area contributed by atoms with Crippen LogP contribution in [0, 0.1) is 0 Å². The summed E-state index contributed by atoms with van der Waals surface area (Å²) in [7, 11) is 0. The van der Waals surface area contributed by atoms with Gasteiger partial charge in [0, 0.05) is 35.7 Å². The van der Waals surface area contributed by atoms with Gasteiger partial charge in [0.2, 0.25) is 0 Å². The lowest BCUT2D eigenvalue weighted by Gasteiger charge is -2.15. The third-order valence-corrected chi connectivity index (χ3v) is 11.1. The molecule has 0 radical (unpaired) electrons. The molecule has 6 heteroatoms. The molecule has 310 valence electrons. The summed E-state index contributed by atoms with van der Waals surface area (Å²) < 4.78 is 13.0. The summed E-state index contributed by atoms with van der Waals surface area (Å²) in [5, 5.41) is 25.7. The fourth-order valence-corrected chi connectivity index (χ4v) is 7.62. The fraction of sp³-hybridized carbons (Fsp3) is 0.462. The number of phenolic OH excluding ortho intramolecular Hbond substituents is 2. The van der Waals surface area contributed by atoms with E-state index >= 15 is 0 Å². The maximum absolute atomic E-state index is 10.9. The number of rotatable bonds is 28. The Bertz CT molecular complexity index is 1870. The molecule has 2 N–H and O–H groups in total. The van der Waals surface area contributed by atoms with Gasteiger partial charge in [0.15, 0.2) is 11.5 Å². The molecular formula is C52H68N2O4. The zero-order chi connectivity index (χ0) is 40.6. The van der Waals surface area contributed by atoms with Gasteiger partial charge < -0.3 is 19.7 Å². The van der Waals surface area contributed by atoms with Crippen molar-refractivity contribution in [2.75, 3.05) is 13.2 Å². The van der Waals surface area contributed by atoms with Gasteiger partial charge in [-0.05, 0) is 46.5 Å². The van der Waals surface area contributed by atoms with E-state index in [0.717, 1.165) is 47.2 Å². The minimum atomic E-state index is 0.155. The highest BCUT2D eigenvalue weighted by Crippen LogP contribution is 2.41. The van der Waals surface area contributed by atoms with Crippen LogP contribution in [0.25, 0.3) is 21.5 Å². The molecule has 0 aliphatic heterocycles. The normalized spacial score (nSPS) is 11.8. The molecule has 0 amide bonds. The van der Waals surface area contributed by atoms with Gasteiger partial charge in [-0.1, -0.05) is 190 Å². The molecule has 5 aromatic carbocycles. The summed E-state index contributed by atoms with van der Waals surface area (Å²) in [6.45, 7) is 5.71. The van der Waals surface area contributed by atoms with Crippen molar-refractivity contribution < 1.29 is 19.7 Å². The zero-order valence-corrected chi connectivity index (χ0v) is 35.4. The van der Waals surface area contributed by atoms with Gasteiger partial charge in [-0.2, -0.15) is 0 Å². The molecule has 0 saturated heterocycles. The first kappa shape index (κ1) is 44.3. The van der Waals surface area contributed by atoms with Crippen LogP contribution in [-0.2, 0) is 0 Å². The third-order valence-electron chi connectivity index (χ3n) is 11.1. The summed E-state index contributed by atoms with van der Waals surface area (Å²) in [6.07, 6.45) is 28.6. The fourth-order valence-electron chi connectivity index (χ4n) is 7.62. The highest BCUT2D eigenvalue weighted by atomic mass is 16.5. The predicted molar refractivity (Wildman–Crippen MR) is 247 cm³/mol. The van der Waals surface area contributed by atoms with Gasteiger partial charge >= 0.3 is 0 Å². The Hall–Kier alpha value is -4.84. The first-order chi connectivity index (χ1) is 28.6. The molecule has 0 aliphatic rings. The van der Waals surface area contributed by atoms with Gasteiger partial charge in [0.1, 0.15) is 11.5 Å². The van der Waals surface area contributed by atoms with E-state index in [1.807, 2.05) is 72.8 Å². The number of hydrogen-bond acceptors (Lipinski definition) is 6. The second kappa shape index (κ2) is 25.5. The van der Waals surface area contributed by atoms with E-state index < -0.39 is 0 Å². The molecule has 0 aromatic heterocycles. The number of aromatic hydroxyl groups is 2. The Kier molecular flexibility index (Phi) is 19.5. The van der Waals surface area contributed by atoms with Crippen molar-refractivity contribution in [1.29, 1.82) is 0 Å². The SMILES string of the molecule is CCCCCCCCCCCCOc1cc(N=Cc2c(O)ccc3ccccc23)c(N=Cc2c(O)ccc3ccccc23)cc1OCCCCCCCCCCCC. The molecule has 5 rings (SSSR count). The summed E-state index contributed by atoms with van der Waals surface area (Å²) >= 11 is 0. The van der Waals surface area contributed by atoms with E-state index in [9.17, 15) is 10.2 Å². The Morgan fingerprint density at radius 3 is 1.16 bits per heavy atom. The standard InChI is InChI=1S/C52H68N2O4/c1-3-5-7-9-11-13-15-17-19-25-35-57-51-37-47(53-39-45-43-29-23-21-27-41(43)31-33-49(45)55)48(54-40-46-44-30-24-22-28-42(44)32-34-50(46)56)38-52(51)58-36-26-20-18-16-14-12-10-8-6-4-2/h21-24,27-34,37-40,55-56H,3-20,25-26,35-36H2,1-2H3. The molecule has 0 saturated carbocycles. The number of nitrogens with zero attached hydrogens (tertiary/aromatic N) is 2. The number of phenols is 2. The van der Waals surface area contributed by atoms with E-state index in [1.165, 1.54) is 103 Å². The van der Waals surface area contributed by atoms with E-state index in [2.05, 4.69) is 13.8 Å². The molecule has 0 spiro atoms. The lowest BCUT2D eigenvalue weighted by molar-refractivity contribution is 0.258. The van der Waals surface area contributed by atoms with E-state index in [1.54, 1.807) is 24.6 Å². The number of fused-ring (bicyclic) bond motifs is 2. The Labute approximate surface area is 348 Å². The molecule has 0 unspecified atom stereocenters. The number of ether oxygens (including phenoxy) is 2. The van der Waals surface area contributed by atoms with Gasteiger partial charge in [0.05, 0.1) is 24.6 Å². The van der Waals surface area contributed by atoms with Crippen molar-refractivity contribution in [3.8, 4) is 23.0 Å². The molecule has 0 fully saturated rings. The minimum absolute atomic E-state index is 0.155. The van der Waals surface area contributed by atoms with E-state index in [0.29, 0.717) is 47.2 Å². The lowest BCUT2D eigenvalue weighted by atomic mass is 10.0. The Balaban J connectivity index is 1.37. The van der Waals surface area contributed by atoms with Crippen molar-refractivity contribution in [2.45, 2.75) is 142 Å². The van der Waals surface area contributed by atoms with Crippen LogP contribution in [0.15, 0.2) is 94.9 Å². The molecule has 0 aliphatic carbocycles. The smallest absolute Gasteiger partial charge is 0.163 e. The highest BCUT2D eigenvalue weighted by Gasteiger charge is 2.14. The quantitative estimate of drug-likeness (QED) is 0.0391. The summed E-state index contributed by atoms with van der Waals surface area (Å²) in [6, 6.07) is 27.0. The summed E-state index contributed by atoms with van der Waals surface area (Å²) in [5.41, 5.74) is 2.42. The maximum atomic E-state index is 10.9. The van der Waals surface area contributed by atoms with Crippen molar-refractivity contribution >= 4 is 45.3 Å². The molecular weight excluding hydrogens is 717 g/mol. The van der Waals surface area contributed by atoms with E-state index in [4.69, 9.17) is 19.5 Å². The number of benzene rings is 5. The van der Waals surface area contributed by atoms with Crippen LogP contribution >= 0.6 is 0 Å². The van der Waals surface area contributed by atoms with Crippen molar-refractivity contribution in [2.24, 2.45) is 9.98 Å². The van der Waals surface area contributed by atoms with Crippen LogP contribution in [-0.4, -0.2) is 35.9 Å². The average Bonchev–Trinajstić information content (AvgIpc) is 3.24. The van der Waals surface area contributed by atoms with Crippen molar-refractivity contribution in [3.05, 3.63) is 96.1 Å². The third kappa shape index (κ3) is 14.2. The van der Waals surface area contributed by atoms with Crippen molar-refractivity contribution in [3.63, 3.8) is 0 Å². The van der Waals surface area contributed by atoms with Gasteiger partial charge in [-0.25, -0.2) is 0 Å². The van der Waals surface area contributed by atoms with Gasteiger partial charge in [0.25, 0.3) is 0 Å². The molecule has 6 nitrogen and oxygen atoms in total. The summed E-state index contributed by atoms with van der Waals surface area (Å²) in [4.78, 5) is 9.91. The minimum Gasteiger partial charge on any atom is -0.507 e. The van der Waals surface area contributed by atoms with Crippen LogP contribution in [0.2, 0.25) is 0 Å². The molecule has 0 bridgehead atoms. The van der Waals surface area contributed by atoms with Gasteiger partial charge in [-0.15, -0.1) is 0 Å². The van der Waals surface area contributed by atoms with Crippen LogP contribution in [0.1, 0.15) is 153 Å². The van der Waals surface area contributed by atoms with Crippen LogP contribution in [0.3, 0.4) is 0 Å². The average molecular weight is 785 g/mol. The second-order valence-electron chi connectivity index (χ2n) is 15.8. The van der Waals surface area contributed by atoms with Crippen LogP contribution in [0.4, 0.5) is 11.4 Å². The monoisotopic (exact) mass is 785 g/mol. The number of unbranched alkanes of at least 4 members (excludes halogenated alkanes) is 18. The Morgan fingerprint density at radius 2 is 0.776 bits per heavy atom. The molecule has 5 aromatic rings. The highest BCUT2D eigenvalue weighted by molar-refractivity contribution is 6.05. The first-order valence-electron chi connectivity index (χ1n) is 22.5. The first-order valence-corrected chi connectivity index (χ1v) is 22.5.